The predicted molar refractivity (Wildman–Crippen MR) is 56.1 cm³/mol. The van der Waals surface area contributed by atoms with Gasteiger partial charge in [0.2, 0.25) is 0 Å². The third-order valence-electron chi connectivity index (χ3n) is 2.36. The number of nitrogens with zero attached hydrogens (tertiary/aromatic N) is 4. The summed E-state index contributed by atoms with van der Waals surface area (Å²) in [5.41, 5.74) is -2.68. The summed E-state index contributed by atoms with van der Waals surface area (Å²) in [6, 6.07) is 3.82. The highest BCUT2D eigenvalue weighted by Crippen LogP contribution is 2.22. The van der Waals surface area contributed by atoms with Gasteiger partial charge in [-0.25, -0.2) is 0 Å². The van der Waals surface area contributed by atoms with E-state index in [1.54, 1.807) is 13.8 Å². The third kappa shape index (κ3) is 2.99. The van der Waals surface area contributed by atoms with Crippen molar-refractivity contribution < 1.29 is 9.47 Å². The van der Waals surface area contributed by atoms with Crippen LogP contribution in [-0.2, 0) is 9.47 Å². The summed E-state index contributed by atoms with van der Waals surface area (Å²) in [7, 11) is 2.75. The summed E-state index contributed by atoms with van der Waals surface area (Å²) >= 11 is 0. The molecule has 6 heteroatoms. The fourth-order valence-corrected chi connectivity index (χ4v) is 0.967. The second kappa shape index (κ2) is 6.16. The Balaban J connectivity index is 5.08. The number of methoxy groups -OCH3 is 2. The highest BCUT2D eigenvalue weighted by Gasteiger charge is 2.32. The number of azo groups is 1. The number of hydrogen-bond donors (Lipinski definition) is 0. The van der Waals surface area contributed by atoms with Crippen LogP contribution in [0.15, 0.2) is 10.2 Å². The molecule has 0 spiro atoms. The van der Waals surface area contributed by atoms with Crippen LogP contribution < -0.4 is 0 Å². The van der Waals surface area contributed by atoms with Crippen LogP contribution in [0, 0.1) is 22.7 Å². The second-order valence-corrected chi connectivity index (χ2v) is 3.11. The molecule has 2 atom stereocenters. The molecule has 0 aromatic rings. The molecule has 0 aliphatic rings. The molecule has 0 radical (unpaired) electrons. The summed E-state index contributed by atoms with van der Waals surface area (Å²) in [6.07, 6.45) is 0.691. The van der Waals surface area contributed by atoms with E-state index in [-0.39, 0.29) is 0 Å². The van der Waals surface area contributed by atoms with Gasteiger partial charge in [0, 0.05) is 27.1 Å². The quantitative estimate of drug-likeness (QED) is 0.645. The molecule has 0 rings (SSSR count). The molecular formula is C10H16N4O2. The van der Waals surface area contributed by atoms with E-state index >= 15 is 0 Å². The van der Waals surface area contributed by atoms with Crippen molar-refractivity contribution in [3.63, 3.8) is 0 Å². The van der Waals surface area contributed by atoms with Crippen molar-refractivity contribution in [1.29, 1.82) is 10.5 Å². The minimum Gasteiger partial charge on any atom is -0.344 e. The first-order chi connectivity index (χ1) is 7.57. The maximum Gasteiger partial charge on any atom is 0.266 e. The first kappa shape index (κ1) is 14.5. The molecule has 16 heavy (non-hydrogen) atoms. The highest BCUT2D eigenvalue weighted by atomic mass is 16.5. The van der Waals surface area contributed by atoms with Crippen LogP contribution >= 0.6 is 0 Å². The smallest absolute Gasteiger partial charge is 0.266 e. The zero-order chi connectivity index (χ0) is 12.7. The standard InChI is InChI=1S/C10H16N4O2/c1-5-9(7-11,15-3)13-14-10(6-2,8-12)16-4/h5-6H2,1-4H3. The van der Waals surface area contributed by atoms with E-state index in [0.717, 1.165) is 0 Å². The van der Waals surface area contributed by atoms with Gasteiger partial charge < -0.3 is 9.47 Å². The van der Waals surface area contributed by atoms with E-state index < -0.39 is 11.4 Å². The van der Waals surface area contributed by atoms with E-state index in [9.17, 15) is 0 Å². The van der Waals surface area contributed by atoms with E-state index in [2.05, 4.69) is 10.2 Å². The lowest BCUT2D eigenvalue weighted by Crippen LogP contribution is -2.30. The molecule has 0 saturated heterocycles. The molecule has 0 bridgehead atoms. The molecule has 0 saturated carbocycles. The molecular weight excluding hydrogens is 208 g/mol. The number of rotatable bonds is 6. The Morgan fingerprint density at radius 1 is 0.938 bits per heavy atom. The average molecular weight is 224 g/mol. The SMILES string of the molecule is CCC(C#N)(N=NC(C#N)(CC)OC)OC. The van der Waals surface area contributed by atoms with Gasteiger partial charge in [0.25, 0.3) is 11.4 Å². The van der Waals surface area contributed by atoms with Gasteiger partial charge in [-0.3, -0.25) is 0 Å². The van der Waals surface area contributed by atoms with Crippen LogP contribution in [0.4, 0.5) is 0 Å². The Bertz CT molecular complexity index is 287. The zero-order valence-corrected chi connectivity index (χ0v) is 10.0. The lowest BCUT2D eigenvalue weighted by atomic mass is 10.2. The Labute approximate surface area is 95.5 Å². The average Bonchev–Trinajstić information content (AvgIpc) is 2.37. The molecule has 0 aromatic carbocycles. The molecule has 0 aliphatic heterocycles. The van der Waals surface area contributed by atoms with Crippen molar-refractivity contribution in [3.8, 4) is 12.1 Å². The first-order valence-corrected chi connectivity index (χ1v) is 4.94. The van der Waals surface area contributed by atoms with Crippen molar-refractivity contribution in [3.05, 3.63) is 0 Å². The van der Waals surface area contributed by atoms with Crippen molar-refractivity contribution in [2.24, 2.45) is 10.2 Å². The topological polar surface area (TPSA) is 90.8 Å². The van der Waals surface area contributed by atoms with Crippen molar-refractivity contribution in [2.75, 3.05) is 14.2 Å². The van der Waals surface area contributed by atoms with Crippen molar-refractivity contribution in [2.45, 2.75) is 38.1 Å². The van der Waals surface area contributed by atoms with E-state index in [0.29, 0.717) is 12.8 Å². The van der Waals surface area contributed by atoms with E-state index in [1.807, 2.05) is 12.1 Å². The molecule has 6 nitrogen and oxygen atoms in total. The monoisotopic (exact) mass is 224 g/mol. The number of hydrogen-bond acceptors (Lipinski definition) is 6. The molecule has 0 fully saturated rings. The number of ether oxygens (including phenoxy) is 2. The lowest BCUT2D eigenvalue weighted by molar-refractivity contribution is 0.00565. The molecule has 88 valence electrons. The summed E-state index contributed by atoms with van der Waals surface area (Å²) in [6.45, 7) is 3.50. The normalized spacial score (nSPS) is 18.4. The summed E-state index contributed by atoms with van der Waals surface area (Å²) < 4.78 is 9.96. The Morgan fingerprint density at radius 2 is 1.25 bits per heavy atom. The summed E-state index contributed by atoms with van der Waals surface area (Å²) in [5.74, 6) is 0. The zero-order valence-electron chi connectivity index (χ0n) is 10.0. The second-order valence-electron chi connectivity index (χ2n) is 3.11. The molecule has 0 aliphatic carbocycles. The minimum atomic E-state index is -1.34. The van der Waals surface area contributed by atoms with Gasteiger partial charge in [0.05, 0.1) is 0 Å². The van der Waals surface area contributed by atoms with Gasteiger partial charge in [-0.1, -0.05) is 13.8 Å². The van der Waals surface area contributed by atoms with E-state index in [1.165, 1.54) is 14.2 Å². The predicted octanol–water partition coefficient (Wildman–Crippen LogP) is 1.99. The Kier molecular flexibility index (Phi) is 5.59. The van der Waals surface area contributed by atoms with Crippen LogP contribution in [0.1, 0.15) is 26.7 Å². The summed E-state index contributed by atoms with van der Waals surface area (Å²) in [4.78, 5) is 0. The van der Waals surface area contributed by atoms with Crippen LogP contribution in [0.25, 0.3) is 0 Å². The third-order valence-corrected chi connectivity index (χ3v) is 2.36. The minimum absolute atomic E-state index is 0.346. The van der Waals surface area contributed by atoms with Crippen LogP contribution in [-0.4, -0.2) is 25.7 Å². The molecule has 0 heterocycles. The number of nitriles is 2. The van der Waals surface area contributed by atoms with Crippen molar-refractivity contribution >= 4 is 0 Å². The lowest BCUT2D eigenvalue weighted by Gasteiger charge is -2.21. The Hall–Kier alpha value is -1.50. The van der Waals surface area contributed by atoms with Gasteiger partial charge in [0.15, 0.2) is 0 Å². The largest absolute Gasteiger partial charge is 0.344 e. The first-order valence-electron chi connectivity index (χ1n) is 4.94. The van der Waals surface area contributed by atoms with Crippen LogP contribution in [0.5, 0.6) is 0 Å². The van der Waals surface area contributed by atoms with Crippen molar-refractivity contribution in [1.82, 2.24) is 0 Å². The van der Waals surface area contributed by atoms with Gasteiger partial charge >= 0.3 is 0 Å². The fraction of sp³-hybridized carbons (Fsp3) is 0.800. The van der Waals surface area contributed by atoms with Gasteiger partial charge in [-0.2, -0.15) is 10.5 Å². The highest BCUT2D eigenvalue weighted by molar-refractivity contribution is 5.02. The van der Waals surface area contributed by atoms with Crippen LogP contribution in [0.2, 0.25) is 0 Å². The van der Waals surface area contributed by atoms with Gasteiger partial charge in [-0.05, 0) is 0 Å². The fourth-order valence-electron chi connectivity index (χ4n) is 0.967. The molecule has 0 amide bonds. The molecule has 0 N–H and O–H groups in total. The maximum atomic E-state index is 8.94. The van der Waals surface area contributed by atoms with Gasteiger partial charge in [-0.15, -0.1) is 10.2 Å². The summed E-state index contributed by atoms with van der Waals surface area (Å²) in [5, 5.41) is 25.5. The maximum absolute atomic E-state index is 8.94. The van der Waals surface area contributed by atoms with E-state index in [4.69, 9.17) is 20.0 Å². The van der Waals surface area contributed by atoms with Crippen LogP contribution in [0.3, 0.4) is 0 Å². The van der Waals surface area contributed by atoms with Gasteiger partial charge in [0.1, 0.15) is 12.1 Å². The molecule has 0 aromatic heterocycles. The molecule has 2 unspecified atom stereocenters. The Morgan fingerprint density at radius 3 is 1.38 bits per heavy atom.